The van der Waals surface area contributed by atoms with Gasteiger partial charge in [-0.05, 0) is 37.5 Å². The molecule has 0 bridgehead atoms. The van der Waals surface area contributed by atoms with E-state index in [2.05, 4.69) is 41.5 Å². The second-order valence-electron chi connectivity index (χ2n) is 31.2. The molecule has 0 aromatic heterocycles. The number of carbonyl (C=O) groups excluding carboxylic acids is 4. The number of phosphoric ester groups is 2. The molecule has 0 rings (SSSR count). The SMILES string of the molecule is CCCCCCCCCCCCCCCCCCCCCCC(=O)O[C@H](COC(=O)CCCCCCCCCCCCCCCCCCC)COP(=O)(O)OC[C@@H](O)COP(=O)(O)OC[C@@H](COC(=O)CCCCCCCCCCC(C)C)OC(=O)CCCCCCCCCCCCCCC(C)C. The summed E-state index contributed by atoms with van der Waals surface area (Å²) < 4.78 is 68.8. The van der Waals surface area contributed by atoms with Gasteiger partial charge >= 0.3 is 39.5 Å². The third kappa shape index (κ3) is 78.0. The van der Waals surface area contributed by atoms with Crippen LogP contribution >= 0.6 is 15.6 Å². The van der Waals surface area contributed by atoms with Crippen LogP contribution in [0.15, 0.2) is 0 Å². The molecule has 0 aromatic carbocycles. The second-order valence-corrected chi connectivity index (χ2v) is 34.1. The van der Waals surface area contributed by atoms with Crippen molar-refractivity contribution in [3.05, 3.63) is 0 Å². The van der Waals surface area contributed by atoms with Crippen molar-refractivity contribution < 1.29 is 80.2 Å². The molecule has 0 amide bonds. The Hall–Kier alpha value is -1.94. The molecule has 17 nitrogen and oxygen atoms in total. The van der Waals surface area contributed by atoms with Crippen LogP contribution < -0.4 is 0 Å². The fourth-order valence-corrected chi connectivity index (χ4v) is 14.6. The largest absolute Gasteiger partial charge is 0.472 e. The maximum Gasteiger partial charge on any atom is 0.472 e. The monoisotopic (exact) mass is 1510 g/mol. The topological polar surface area (TPSA) is 237 Å². The molecule has 0 aliphatic carbocycles. The van der Waals surface area contributed by atoms with Gasteiger partial charge < -0.3 is 33.8 Å². The Labute approximate surface area is 632 Å². The first-order valence-corrected chi connectivity index (χ1v) is 46.5. The van der Waals surface area contributed by atoms with Gasteiger partial charge in [0.05, 0.1) is 26.4 Å². The molecule has 0 aliphatic rings. The van der Waals surface area contributed by atoms with E-state index in [9.17, 15) is 43.2 Å². The summed E-state index contributed by atoms with van der Waals surface area (Å²) >= 11 is 0. The number of ether oxygens (including phenoxy) is 4. The number of carbonyl (C=O) groups is 4. The van der Waals surface area contributed by atoms with E-state index in [4.69, 9.17) is 37.0 Å². The molecule has 0 heterocycles. The summed E-state index contributed by atoms with van der Waals surface area (Å²) in [4.78, 5) is 73.2. The van der Waals surface area contributed by atoms with Gasteiger partial charge in [0.2, 0.25) is 0 Å². The van der Waals surface area contributed by atoms with Gasteiger partial charge in [-0.3, -0.25) is 37.3 Å². The van der Waals surface area contributed by atoms with E-state index in [0.29, 0.717) is 25.7 Å². The van der Waals surface area contributed by atoms with Crippen LogP contribution in [0.5, 0.6) is 0 Å². The van der Waals surface area contributed by atoms with Crippen LogP contribution in [0, 0.1) is 11.8 Å². The van der Waals surface area contributed by atoms with Crippen LogP contribution in [-0.4, -0.2) is 96.7 Å². The van der Waals surface area contributed by atoms with Crippen molar-refractivity contribution >= 4 is 39.5 Å². The van der Waals surface area contributed by atoms with Crippen LogP contribution in [0.3, 0.4) is 0 Å². The highest BCUT2D eigenvalue weighted by Crippen LogP contribution is 2.45. The Balaban J connectivity index is 5.24. The lowest BCUT2D eigenvalue weighted by Gasteiger charge is -2.21. The Bertz CT molecular complexity index is 1980. The van der Waals surface area contributed by atoms with E-state index in [1.807, 2.05) is 0 Å². The van der Waals surface area contributed by atoms with E-state index < -0.39 is 97.5 Å². The molecule has 0 saturated carbocycles. The molecule has 0 radical (unpaired) electrons. The van der Waals surface area contributed by atoms with Crippen LogP contribution in [0.2, 0.25) is 0 Å². The molecule has 5 atom stereocenters. The van der Waals surface area contributed by atoms with Crippen LogP contribution in [0.1, 0.15) is 446 Å². The van der Waals surface area contributed by atoms with E-state index in [1.165, 1.54) is 263 Å². The van der Waals surface area contributed by atoms with Gasteiger partial charge in [0.15, 0.2) is 12.2 Å². The summed E-state index contributed by atoms with van der Waals surface area (Å²) in [5.41, 5.74) is 0. The molecule has 0 aliphatic heterocycles. The molecule has 2 unspecified atom stereocenters. The normalized spacial score (nSPS) is 13.9. The maximum absolute atomic E-state index is 13.1. The van der Waals surface area contributed by atoms with Gasteiger partial charge in [0, 0.05) is 25.7 Å². The Morgan fingerprint density at radius 2 is 0.447 bits per heavy atom. The van der Waals surface area contributed by atoms with Crippen molar-refractivity contribution in [1.29, 1.82) is 0 Å². The number of rotatable bonds is 83. The smallest absolute Gasteiger partial charge is 0.462 e. The lowest BCUT2D eigenvalue weighted by atomic mass is 10.0. The minimum Gasteiger partial charge on any atom is -0.462 e. The number of esters is 4. The first kappa shape index (κ1) is 101. The first-order chi connectivity index (χ1) is 49.9. The zero-order valence-electron chi connectivity index (χ0n) is 67.6. The third-order valence-corrected chi connectivity index (χ3v) is 21.6. The molecule has 3 N–H and O–H groups in total. The standard InChI is InChI=1S/C84H164O17P2/c1-7-9-11-13-15-17-19-21-23-25-26-27-29-31-33-38-42-50-56-62-68-83(88)100-79(72-94-81(86)66-60-54-48-41-37-32-30-28-24-22-20-18-16-14-12-10-8-2)74-98-102(90,91)96-70-78(85)71-97-103(92,93)99-75-80(73-95-82(87)67-61-55-49-45-44-47-53-59-65-77(5)6)101-84(89)69-63-57-51-43-39-35-34-36-40-46-52-58-64-76(3)4/h76-80,85H,7-75H2,1-6H3,(H,90,91)(H,92,93)/t78-,79-,80-/m1/s1. The fraction of sp³-hybridized carbons (Fsp3) is 0.952. The van der Waals surface area contributed by atoms with Crippen LogP contribution in [0.4, 0.5) is 0 Å². The average Bonchev–Trinajstić information content (AvgIpc) is 0.919. The van der Waals surface area contributed by atoms with Gasteiger partial charge in [-0.1, -0.05) is 395 Å². The average molecular weight is 1510 g/mol. The van der Waals surface area contributed by atoms with Crippen molar-refractivity contribution in [1.82, 2.24) is 0 Å². The fourth-order valence-electron chi connectivity index (χ4n) is 13.1. The number of hydrogen-bond acceptors (Lipinski definition) is 15. The number of phosphoric acid groups is 2. The van der Waals surface area contributed by atoms with Gasteiger partial charge in [-0.2, -0.15) is 0 Å². The predicted molar refractivity (Wildman–Crippen MR) is 423 cm³/mol. The number of aliphatic hydroxyl groups is 1. The zero-order valence-corrected chi connectivity index (χ0v) is 69.4. The molecule has 612 valence electrons. The number of aliphatic hydroxyl groups excluding tert-OH is 1. The van der Waals surface area contributed by atoms with E-state index >= 15 is 0 Å². The highest BCUT2D eigenvalue weighted by Gasteiger charge is 2.30. The summed E-state index contributed by atoms with van der Waals surface area (Å²) in [6.45, 7) is 9.63. The molecule has 103 heavy (non-hydrogen) atoms. The van der Waals surface area contributed by atoms with Gasteiger partial charge in [-0.25, -0.2) is 9.13 Å². The minimum absolute atomic E-state index is 0.107. The van der Waals surface area contributed by atoms with Crippen molar-refractivity contribution in [2.75, 3.05) is 39.6 Å². The van der Waals surface area contributed by atoms with Crippen molar-refractivity contribution in [3.8, 4) is 0 Å². The van der Waals surface area contributed by atoms with Crippen molar-refractivity contribution in [2.24, 2.45) is 11.8 Å². The van der Waals surface area contributed by atoms with E-state index in [1.54, 1.807) is 0 Å². The number of unbranched alkanes of at least 4 members (excludes halogenated alkanes) is 53. The Morgan fingerprint density at radius 3 is 0.660 bits per heavy atom. The van der Waals surface area contributed by atoms with Gasteiger partial charge in [0.25, 0.3) is 0 Å². The maximum atomic E-state index is 13.1. The van der Waals surface area contributed by atoms with Crippen LogP contribution in [-0.2, 0) is 65.4 Å². The number of hydrogen-bond donors (Lipinski definition) is 3. The van der Waals surface area contributed by atoms with Crippen LogP contribution in [0.25, 0.3) is 0 Å². The summed E-state index contributed by atoms with van der Waals surface area (Å²) in [6, 6.07) is 0. The van der Waals surface area contributed by atoms with Gasteiger partial charge in [0.1, 0.15) is 19.3 Å². The third-order valence-electron chi connectivity index (χ3n) is 19.7. The molecule has 0 spiro atoms. The first-order valence-electron chi connectivity index (χ1n) is 43.5. The lowest BCUT2D eigenvalue weighted by molar-refractivity contribution is -0.161. The quantitative estimate of drug-likeness (QED) is 0.0222. The molecular formula is C84H164O17P2. The predicted octanol–water partition coefficient (Wildman–Crippen LogP) is 25.5. The molecular weight excluding hydrogens is 1340 g/mol. The summed E-state index contributed by atoms with van der Waals surface area (Å²) in [7, 11) is -9.93. The molecule has 0 saturated heterocycles. The van der Waals surface area contributed by atoms with Gasteiger partial charge in [-0.15, -0.1) is 0 Å². The van der Waals surface area contributed by atoms with E-state index in [-0.39, 0.29) is 25.7 Å². The molecule has 19 heteroatoms. The second kappa shape index (κ2) is 75.5. The molecule has 0 fully saturated rings. The minimum atomic E-state index is -4.96. The Morgan fingerprint density at radius 1 is 0.262 bits per heavy atom. The summed E-state index contributed by atoms with van der Waals surface area (Å²) in [6.07, 6.45) is 66.7. The van der Waals surface area contributed by atoms with Crippen molar-refractivity contribution in [3.63, 3.8) is 0 Å². The summed E-state index contributed by atoms with van der Waals surface area (Å²) in [5.74, 6) is -0.602. The van der Waals surface area contributed by atoms with Crippen molar-refractivity contribution in [2.45, 2.75) is 464 Å². The Kier molecular flexibility index (Phi) is 74.1. The molecule has 0 aromatic rings. The lowest BCUT2D eigenvalue weighted by Crippen LogP contribution is -2.30. The highest BCUT2D eigenvalue weighted by molar-refractivity contribution is 7.47. The summed E-state index contributed by atoms with van der Waals surface area (Å²) in [5, 5.41) is 10.7. The van der Waals surface area contributed by atoms with E-state index in [0.717, 1.165) is 102 Å². The zero-order chi connectivity index (χ0) is 75.6. The highest BCUT2D eigenvalue weighted by atomic mass is 31.2.